The minimum Gasteiger partial charge on any atom is -0.493 e. The highest BCUT2D eigenvalue weighted by Gasteiger charge is 2.20. The van der Waals surface area contributed by atoms with Gasteiger partial charge in [-0.3, -0.25) is 4.79 Å². The molecule has 3 rings (SSSR count). The van der Waals surface area contributed by atoms with Gasteiger partial charge in [0.2, 0.25) is 5.75 Å². The molecule has 2 aromatic rings. The van der Waals surface area contributed by atoms with Crippen LogP contribution in [0.15, 0.2) is 40.9 Å². The van der Waals surface area contributed by atoms with Gasteiger partial charge in [0.25, 0.3) is 5.91 Å². The van der Waals surface area contributed by atoms with Gasteiger partial charge in [0, 0.05) is 15.7 Å². The fraction of sp³-hybridized carbons (Fsp3) is 0.188. The third-order valence-electron chi connectivity index (χ3n) is 3.19. The van der Waals surface area contributed by atoms with Crippen LogP contribution in [-0.2, 0) is 0 Å². The number of ether oxygens (including phenoxy) is 3. The molecule has 0 spiro atoms. The number of rotatable bonds is 3. The van der Waals surface area contributed by atoms with Gasteiger partial charge in [-0.15, -0.1) is 0 Å². The number of hydrogen-bond acceptors (Lipinski definition) is 4. The van der Waals surface area contributed by atoms with E-state index in [0.29, 0.717) is 41.7 Å². The Bertz CT molecular complexity index is 683. The van der Waals surface area contributed by atoms with Crippen molar-refractivity contribution in [2.45, 2.75) is 0 Å². The van der Waals surface area contributed by atoms with Crippen LogP contribution >= 0.6 is 15.9 Å². The summed E-state index contributed by atoms with van der Waals surface area (Å²) in [7, 11) is 1.53. The highest BCUT2D eigenvalue weighted by atomic mass is 79.9. The highest BCUT2D eigenvalue weighted by Crippen LogP contribution is 2.40. The first-order chi connectivity index (χ1) is 10.7. The third kappa shape index (κ3) is 3.01. The van der Waals surface area contributed by atoms with E-state index in [2.05, 4.69) is 21.2 Å². The van der Waals surface area contributed by atoms with Gasteiger partial charge in [-0.25, -0.2) is 0 Å². The van der Waals surface area contributed by atoms with E-state index < -0.39 is 0 Å². The Morgan fingerprint density at radius 3 is 2.64 bits per heavy atom. The van der Waals surface area contributed by atoms with Crippen LogP contribution < -0.4 is 19.5 Å². The molecule has 1 heterocycles. The molecule has 0 bridgehead atoms. The summed E-state index contributed by atoms with van der Waals surface area (Å²) >= 11 is 3.36. The van der Waals surface area contributed by atoms with Crippen LogP contribution in [0.25, 0.3) is 0 Å². The summed E-state index contributed by atoms with van der Waals surface area (Å²) in [6.45, 7) is 0.918. The fourth-order valence-electron chi connectivity index (χ4n) is 2.14. The monoisotopic (exact) mass is 363 g/mol. The second-order valence-electron chi connectivity index (χ2n) is 4.66. The van der Waals surface area contributed by atoms with Gasteiger partial charge in [0.05, 0.1) is 7.11 Å². The summed E-state index contributed by atoms with van der Waals surface area (Å²) in [5.41, 5.74) is 1.16. The van der Waals surface area contributed by atoms with Gasteiger partial charge < -0.3 is 19.5 Å². The van der Waals surface area contributed by atoms with Gasteiger partial charge in [0.1, 0.15) is 13.2 Å². The SMILES string of the molecule is COc1cc(C(=O)Nc2ccc(Br)cc2)cc2c1OCCO2. The molecule has 2 aromatic carbocycles. The van der Waals surface area contributed by atoms with E-state index in [4.69, 9.17) is 14.2 Å². The lowest BCUT2D eigenvalue weighted by Gasteiger charge is -2.21. The Kier molecular flexibility index (Phi) is 4.20. The zero-order valence-corrected chi connectivity index (χ0v) is 13.5. The second kappa shape index (κ2) is 6.27. The number of halogens is 1. The van der Waals surface area contributed by atoms with Crippen LogP contribution in [0.4, 0.5) is 5.69 Å². The number of methoxy groups -OCH3 is 1. The Hall–Kier alpha value is -2.21. The van der Waals surface area contributed by atoms with Crippen LogP contribution in [-0.4, -0.2) is 26.2 Å². The molecular weight excluding hydrogens is 350 g/mol. The summed E-state index contributed by atoms with van der Waals surface area (Å²) < 4.78 is 17.3. The summed E-state index contributed by atoms with van der Waals surface area (Å²) in [6.07, 6.45) is 0. The Labute approximate surface area is 136 Å². The average Bonchev–Trinajstić information content (AvgIpc) is 2.55. The van der Waals surface area contributed by atoms with Gasteiger partial charge in [0.15, 0.2) is 11.5 Å². The smallest absolute Gasteiger partial charge is 0.255 e. The highest BCUT2D eigenvalue weighted by molar-refractivity contribution is 9.10. The molecule has 0 atom stereocenters. The third-order valence-corrected chi connectivity index (χ3v) is 3.72. The molecule has 0 fully saturated rings. The van der Waals surface area contributed by atoms with E-state index >= 15 is 0 Å². The van der Waals surface area contributed by atoms with E-state index in [1.807, 2.05) is 24.3 Å². The Morgan fingerprint density at radius 2 is 1.91 bits per heavy atom. The van der Waals surface area contributed by atoms with Crippen LogP contribution in [0.1, 0.15) is 10.4 Å². The standard InChI is InChI=1S/C16H14BrNO4/c1-20-13-8-10(9-14-15(13)22-7-6-21-14)16(19)18-12-4-2-11(17)3-5-12/h2-5,8-9H,6-7H2,1H3,(H,18,19). The van der Waals surface area contributed by atoms with E-state index in [-0.39, 0.29) is 5.91 Å². The number of hydrogen-bond donors (Lipinski definition) is 1. The largest absolute Gasteiger partial charge is 0.493 e. The Balaban J connectivity index is 1.87. The number of fused-ring (bicyclic) bond motifs is 1. The van der Waals surface area contributed by atoms with Crippen molar-refractivity contribution in [3.63, 3.8) is 0 Å². The van der Waals surface area contributed by atoms with Crippen LogP contribution in [0.5, 0.6) is 17.2 Å². The molecule has 1 N–H and O–H groups in total. The Morgan fingerprint density at radius 1 is 1.18 bits per heavy atom. The first kappa shape index (κ1) is 14.7. The van der Waals surface area contributed by atoms with E-state index in [9.17, 15) is 4.79 Å². The molecule has 1 aliphatic heterocycles. The zero-order valence-electron chi connectivity index (χ0n) is 11.9. The number of carbonyl (C=O) groups excluding carboxylic acids is 1. The van der Waals surface area contributed by atoms with Gasteiger partial charge in [-0.1, -0.05) is 15.9 Å². The van der Waals surface area contributed by atoms with Crippen molar-refractivity contribution in [3.8, 4) is 17.2 Å². The molecule has 114 valence electrons. The van der Waals surface area contributed by atoms with Crippen molar-refractivity contribution in [2.24, 2.45) is 0 Å². The maximum absolute atomic E-state index is 12.4. The normalized spacial score (nSPS) is 12.6. The molecule has 0 aliphatic carbocycles. The first-order valence-corrected chi connectivity index (χ1v) is 7.51. The van der Waals surface area contributed by atoms with Crippen molar-refractivity contribution >= 4 is 27.5 Å². The molecular formula is C16H14BrNO4. The molecule has 0 radical (unpaired) electrons. The van der Waals surface area contributed by atoms with Gasteiger partial charge >= 0.3 is 0 Å². The first-order valence-electron chi connectivity index (χ1n) is 6.72. The predicted octanol–water partition coefficient (Wildman–Crippen LogP) is 3.48. The van der Waals surface area contributed by atoms with Crippen LogP contribution in [0, 0.1) is 0 Å². The van der Waals surface area contributed by atoms with Crippen molar-refractivity contribution in [1.82, 2.24) is 0 Å². The number of anilines is 1. The molecule has 6 heteroatoms. The molecule has 0 unspecified atom stereocenters. The lowest BCUT2D eigenvalue weighted by atomic mass is 10.1. The van der Waals surface area contributed by atoms with E-state index in [1.165, 1.54) is 7.11 Å². The second-order valence-corrected chi connectivity index (χ2v) is 5.58. The minimum absolute atomic E-state index is 0.238. The quantitative estimate of drug-likeness (QED) is 0.906. The zero-order chi connectivity index (χ0) is 15.5. The fourth-order valence-corrected chi connectivity index (χ4v) is 2.41. The van der Waals surface area contributed by atoms with Gasteiger partial charge in [-0.05, 0) is 36.4 Å². The number of carbonyl (C=O) groups is 1. The van der Waals surface area contributed by atoms with Gasteiger partial charge in [-0.2, -0.15) is 0 Å². The molecule has 0 saturated heterocycles. The van der Waals surface area contributed by atoms with Crippen molar-refractivity contribution in [3.05, 3.63) is 46.4 Å². The maximum atomic E-state index is 12.4. The summed E-state index contributed by atoms with van der Waals surface area (Å²) in [5.74, 6) is 1.30. The van der Waals surface area contributed by atoms with Crippen LogP contribution in [0.2, 0.25) is 0 Å². The number of nitrogens with one attached hydrogen (secondary N) is 1. The van der Waals surface area contributed by atoms with Crippen molar-refractivity contribution in [1.29, 1.82) is 0 Å². The lowest BCUT2D eigenvalue weighted by molar-refractivity contribution is 0.102. The van der Waals surface area contributed by atoms with Crippen LogP contribution in [0.3, 0.4) is 0 Å². The number of amides is 1. The molecule has 1 amide bonds. The topological polar surface area (TPSA) is 56.8 Å². The average molecular weight is 364 g/mol. The summed E-state index contributed by atoms with van der Waals surface area (Å²) in [5, 5.41) is 2.83. The maximum Gasteiger partial charge on any atom is 0.255 e. The molecule has 5 nitrogen and oxygen atoms in total. The molecule has 22 heavy (non-hydrogen) atoms. The summed E-state index contributed by atoms with van der Waals surface area (Å²) in [4.78, 5) is 12.4. The lowest BCUT2D eigenvalue weighted by Crippen LogP contribution is -2.18. The molecule has 0 saturated carbocycles. The number of benzene rings is 2. The molecule has 1 aliphatic rings. The summed E-state index contributed by atoms with van der Waals surface area (Å²) in [6, 6.07) is 10.7. The minimum atomic E-state index is -0.238. The van der Waals surface area contributed by atoms with Crippen molar-refractivity contribution in [2.75, 3.05) is 25.6 Å². The molecule has 0 aromatic heterocycles. The van der Waals surface area contributed by atoms with E-state index in [1.54, 1.807) is 12.1 Å². The predicted molar refractivity (Wildman–Crippen MR) is 86.1 cm³/mol. The van der Waals surface area contributed by atoms with Crippen molar-refractivity contribution < 1.29 is 19.0 Å². The van der Waals surface area contributed by atoms with E-state index in [0.717, 1.165) is 4.47 Å².